The maximum atomic E-state index is 12.2. The van der Waals surface area contributed by atoms with Crippen molar-refractivity contribution in [2.24, 2.45) is 0 Å². The van der Waals surface area contributed by atoms with E-state index < -0.39 is 0 Å². The summed E-state index contributed by atoms with van der Waals surface area (Å²) in [5.41, 5.74) is 0.474. The largest absolute Gasteiger partial charge is 0.352 e. The maximum absolute atomic E-state index is 12.2. The molecule has 0 fully saturated rings. The molecule has 1 atom stereocenters. The average Bonchev–Trinajstić information content (AvgIpc) is 2.37. The molecule has 0 radical (unpaired) electrons. The Hall–Kier alpha value is -2.11. The molecule has 0 aromatic carbocycles. The lowest BCUT2D eigenvalue weighted by atomic mass is 10.2. The summed E-state index contributed by atoms with van der Waals surface area (Å²) in [5, 5.41) is 5.27. The van der Waals surface area contributed by atoms with Gasteiger partial charge in [-0.1, -0.05) is 6.92 Å². The molecule has 6 heteroatoms. The molecule has 1 aromatic rings. The zero-order valence-electron chi connectivity index (χ0n) is 12.3. The summed E-state index contributed by atoms with van der Waals surface area (Å²) < 4.78 is 1.35. The van der Waals surface area contributed by atoms with Crippen molar-refractivity contribution in [3.63, 3.8) is 0 Å². The second-order valence-electron chi connectivity index (χ2n) is 4.84. The quantitative estimate of drug-likeness (QED) is 0.844. The van der Waals surface area contributed by atoms with E-state index in [2.05, 4.69) is 10.6 Å². The van der Waals surface area contributed by atoms with E-state index in [0.29, 0.717) is 5.69 Å². The van der Waals surface area contributed by atoms with Crippen LogP contribution in [0.25, 0.3) is 0 Å². The van der Waals surface area contributed by atoms with Gasteiger partial charge in [-0.2, -0.15) is 0 Å². The van der Waals surface area contributed by atoms with Crippen LogP contribution in [0.1, 0.15) is 32.9 Å². The highest BCUT2D eigenvalue weighted by molar-refractivity contribution is 5.88. The van der Waals surface area contributed by atoms with E-state index in [1.165, 1.54) is 11.5 Å². The Morgan fingerprint density at radius 2 is 2.00 bits per heavy atom. The number of carbonyl (C=O) groups is 2. The highest BCUT2D eigenvalue weighted by Crippen LogP contribution is 2.03. The van der Waals surface area contributed by atoms with Gasteiger partial charge in [0.15, 0.2) is 0 Å². The normalized spacial score (nSPS) is 11.8. The van der Waals surface area contributed by atoms with E-state index in [0.717, 1.165) is 6.42 Å². The Morgan fingerprint density at radius 3 is 2.55 bits per heavy atom. The number of pyridine rings is 1. The summed E-state index contributed by atoms with van der Waals surface area (Å²) in [7, 11) is 0. The third-order valence-electron chi connectivity index (χ3n) is 3.02. The lowest BCUT2D eigenvalue weighted by molar-refractivity contribution is -0.122. The van der Waals surface area contributed by atoms with E-state index >= 15 is 0 Å². The van der Waals surface area contributed by atoms with Crippen molar-refractivity contribution in [2.45, 2.75) is 46.7 Å². The Kier molecular flexibility index (Phi) is 5.49. The van der Waals surface area contributed by atoms with Crippen LogP contribution < -0.4 is 16.2 Å². The Balaban J connectivity index is 2.97. The van der Waals surface area contributed by atoms with Gasteiger partial charge in [0.2, 0.25) is 11.8 Å². The van der Waals surface area contributed by atoms with E-state index in [4.69, 9.17) is 0 Å². The molecule has 0 aliphatic carbocycles. The molecule has 0 saturated heterocycles. The van der Waals surface area contributed by atoms with Crippen LogP contribution in [0.15, 0.2) is 16.9 Å². The lowest BCUT2D eigenvalue weighted by Gasteiger charge is -2.15. The minimum absolute atomic E-state index is 0.0531. The first kappa shape index (κ1) is 15.9. The Labute approximate surface area is 118 Å². The number of aromatic nitrogens is 1. The molecule has 110 valence electrons. The zero-order chi connectivity index (χ0) is 15.3. The molecule has 1 rings (SSSR count). The van der Waals surface area contributed by atoms with Crippen LogP contribution in [0.3, 0.4) is 0 Å². The van der Waals surface area contributed by atoms with Crippen molar-refractivity contribution in [2.75, 3.05) is 5.32 Å². The highest BCUT2D eigenvalue weighted by Gasteiger charge is 2.12. The first-order valence-electron chi connectivity index (χ1n) is 6.62. The van der Waals surface area contributed by atoms with Gasteiger partial charge in [-0.05, 0) is 32.4 Å². The number of hydrogen-bond acceptors (Lipinski definition) is 3. The van der Waals surface area contributed by atoms with Crippen LogP contribution >= 0.6 is 0 Å². The zero-order valence-corrected chi connectivity index (χ0v) is 12.3. The summed E-state index contributed by atoms with van der Waals surface area (Å²) in [6.45, 7) is 6.90. The predicted molar refractivity (Wildman–Crippen MR) is 77.6 cm³/mol. The lowest BCUT2D eigenvalue weighted by Crippen LogP contribution is -2.38. The van der Waals surface area contributed by atoms with E-state index in [1.54, 1.807) is 19.1 Å². The number of nitrogens with one attached hydrogen (secondary N) is 2. The molecule has 2 N–H and O–H groups in total. The van der Waals surface area contributed by atoms with Crippen LogP contribution in [-0.2, 0) is 16.1 Å². The van der Waals surface area contributed by atoms with E-state index in [-0.39, 0.29) is 35.6 Å². The first-order chi connectivity index (χ1) is 9.35. The molecule has 0 aliphatic rings. The SMILES string of the molecule is CC[C@@H](C)NC(=O)Cn1c(C)ccc(NC(C)=O)c1=O. The van der Waals surface area contributed by atoms with Gasteiger partial charge in [0.25, 0.3) is 5.56 Å². The minimum Gasteiger partial charge on any atom is -0.352 e. The summed E-state index contributed by atoms with van der Waals surface area (Å²) in [5.74, 6) is -0.536. The average molecular weight is 279 g/mol. The van der Waals surface area contributed by atoms with Crippen LogP contribution in [0.4, 0.5) is 5.69 Å². The topological polar surface area (TPSA) is 80.2 Å². The van der Waals surface area contributed by atoms with Crippen LogP contribution in [0.2, 0.25) is 0 Å². The van der Waals surface area contributed by atoms with Crippen molar-refractivity contribution in [3.8, 4) is 0 Å². The number of hydrogen-bond donors (Lipinski definition) is 2. The number of nitrogens with zero attached hydrogens (tertiary/aromatic N) is 1. The molecule has 0 bridgehead atoms. The first-order valence-corrected chi connectivity index (χ1v) is 6.62. The molecule has 20 heavy (non-hydrogen) atoms. The van der Waals surface area contributed by atoms with Crippen molar-refractivity contribution in [1.29, 1.82) is 0 Å². The van der Waals surface area contributed by atoms with Gasteiger partial charge in [0, 0.05) is 18.7 Å². The smallest absolute Gasteiger partial charge is 0.274 e. The van der Waals surface area contributed by atoms with E-state index in [9.17, 15) is 14.4 Å². The summed E-state index contributed by atoms with van der Waals surface area (Å²) >= 11 is 0. The standard InChI is InChI=1S/C14H21N3O3/c1-5-9(2)15-13(19)8-17-10(3)6-7-12(14(17)20)16-11(4)18/h6-7,9H,5,8H2,1-4H3,(H,15,19)(H,16,18)/t9-/m1/s1. The third-order valence-corrected chi connectivity index (χ3v) is 3.02. The van der Waals surface area contributed by atoms with Crippen molar-refractivity contribution in [1.82, 2.24) is 9.88 Å². The molecule has 0 aliphatic heterocycles. The summed E-state index contributed by atoms with van der Waals surface area (Å²) in [6.07, 6.45) is 0.825. The summed E-state index contributed by atoms with van der Waals surface area (Å²) in [4.78, 5) is 35.1. The number of anilines is 1. The minimum atomic E-state index is -0.375. The molecule has 1 aromatic heterocycles. The second-order valence-corrected chi connectivity index (χ2v) is 4.84. The van der Waals surface area contributed by atoms with Gasteiger partial charge in [-0.25, -0.2) is 0 Å². The number of aryl methyl sites for hydroxylation is 1. The van der Waals surface area contributed by atoms with Crippen LogP contribution in [0.5, 0.6) is 0 Å². The third kappa shape index (κ3) is 4.22. The van der Waals surface area contributed by atoms with Gasteiger partial charge >= 0.3 is 0 Å². The van der Waals surface area contributed by atoms with Crippen LogP contribution in [0, 0.1) is 6.92 Å². The van der Waals surface area contributed by atoms with E-state index in [1.807, 2.05) is 13.8 Å². The molecule has 2 amide bonds. The monoisotopic (exact) mass is 279 g/mol. The molecule has 6 nitrogen and oxygen atoms in total. The fourth-order valence-corrected chi connectivity index (χ4v) is 1.72. The van der Waals surface area contributed by atoms with Crippen LogP contribution in [-0.4, -0.2) is 22.4 Å². The fraction of sp³-hybridized carbons (Fsp3) is 0.500. The highest BCUT2D eigenvalue weighted by atomic mass is 16.2. The fourth-order valence-electron chi connectivity index (χ4n) is 1.72. The van der Waals surface area contributed by atoms with Gasteiger partial charge < -0.3 is 15.2 Å². The Morgan fingerprint density at radius 1 is 1.35 bits per heavy atom. The Bertz CT molecular complexity index is 563. The summed E-state index contributed by atoms with van der Waals surface area (Å²) in [6, 6.07) is 3.31. The number of amides is 2. The predicted octanol–water partition coefficient (Wildman–Crippen LogP) is 1.03. The molecule has 0 unspecified atom stereocenters. The van der Waals surface area contributed by atoms with Crippen molar-refractivity contribution >= 4 is 17.5 Å². The van der Waals surface area contributed by atoms with Crippen molar-refractivity contribution < 1.29 is 9.59 Å². The molecule has 1 heterocycles. The molecular formula is C14H21N3O3. The maximum Gasteiger partial charge on any atom is 0.274 e. The van der Waals surface area contributed by atoms with Gasteiger partial charge in [0.05, 0.1) is 0 Å². The number of carbonyl (C=O) groups excluding carboxylic acids is 2. The van der Waals surface area contributed by atoms with Gasteiger partial charge in [-0.15, -0.1) is 0 Å². The van der Waals surface area contributed by atoms with Gasteiger partial charge in [0.1, 0.15) is 12.2 Å². The molecule has 0 saturated carbocycles. The number of rotatable bonds is 5. The van der Waals surface area contributed by atoms with Gasteiger partial charge in [-0.3, -0.25) is 14.4 Å². The second kappa shape index (κ2) is 6.88. The van der Waals surface area contributed by atoms with Crippen molar-refractivity contribution in [3.05, 3.63) is 28.2 Å². The molecular weight excluding hydrogens is 258 g/mol. The molecule has 0 spiro atoms.